The number of nitrogens with one attached hydrogen (secondary N) is 1. The Hall–Kier alpha value is -1.52. The van der Waals surface area contributed by atoms with Crippen molar-refractivity contribution in [3.63, 3.8) is 0 Å². The summed E-state index contributed by atoms with van der Waals surface area (Å²) in [5, 5.41) is 2.26. The van der Waals surface area contributed by atoms with Gasteiger partial charge in [0.15, 0.2) is 0 Å². The maximum Gasteiger partial charge on any atom is 0.411 e. The summed E-state index contributed by atoms with van der Waals surface area (Å²) in [6.07, 6.45) is 3.50. The van der Waals surface area contributed by atoms with Crippen molar-refractivity contribution in [2.24, 2.45) is 0 Å². The second-order valence-electron chi connectivity index (χ2n) is 2.49. The maximum atomic E-state index is 10.9. The highest BCUT2D eigenvalue weighted by Gasteiger charge is 1.97. The molecule has 0 bridgehead atoms. The fourth-order valence-electron chi connectivity index (χ4n) is 0.597. The fourth-order valence-corrected chi connectivity index (χ4v) is 0.597. The van der Waals surface area contributed by atoms with Gasteiger partial charge in [0.05, 0.1) is 13.7 Å². The number of carbonyl (C=O) groups excluding carboxylic acids is 2. The predicted octanol–water partition coefficient (Wildman–Crippen LogP) is 1.20. The Morgan fingerprint density at radius 3 is 2.71 bits per heavy atom. The molecule has 80 valence electrons. The van der Waals surface area contributed by atoms with Crippen molar-refractivity contribution in [2.45, 2.75) is 19.8 Å². The SMILES string of the molecule is CCCCOC(=O)N/C=C/C(=O)OC. The molecular formula is C9H15NO4. The van der Waals surface area contributed by atoms with Crippen LogP contribution in [0.2, 0.25) is 0 Å². The molecule has 0 radical (unpaired) electrons. The monoisotopic (exact) mass is 201 g/mol. The van der Waals surface area contributed by atoms with Crippen LogP contribution in [0.15, 0.2) is 12.3 Å². The number of hydrogen-bond acceptors (Lipinski definition) is 4. The molecule has 0 aromatic carbocycles. The van der Waals surface area contributed by atoms with Crippen LogP contribution in [-0.4, -0.2) is 25.8 Å². The Labute approximate surface area is 83.1 Å². The third kappa shape index (κ3) is 7.15. The van der Waals surface area contributed by atoms with Gasteiger partial charge in [-0.2, -0.15) is 0 Å². The molecule has 0 aliphatic heterocycles. The van der Waals surface area contributed by atoms with Crippen molar-refractivity contribution >= 4 is 12.1 Å². The van der Waals surface area contributed by atoms with Crippen molar-refractivity contribution in [3.05, 3.63) is 12.3 Å². The summed E-state index contributed by atoms with van der Waals surface area (Å²) >= 11 is 0. The topological polar surface area (TPSA) is 64.6 Å². The molecule has 0 atom stereocenters. The second-order valence-corrected chi connectivity index (χ2v) is 2.49. The van der Waals surface area contributed by atoms with Gasteiger partial charge >= 0.3 is 12.1 Å². The molecule has 0 saturated heterocycles. The average Bonchev–Trinajstić information content (AvgIpc) is 2.18. The van der Waals surface area contributed by atoms with Crippen LogP contribution < -0.4 is 5.32 Å². The highest BCUT2D eigenvalue weighted by atomic mass is 16.5. The van der Waals surface area contributed by atoms with Crippen LogP contribution in [0, 0.1) is 0 Å². The third-order valence-electron chi connectivity index (χ3n) is 1.35. The average molecular weight is 201 g/mol. The zero-order chi connectivity index (χ0) is 10.8. The lowest BCUT2D eigenvalue weighted by Gasteiger charge is -2.01. The molecule has 0 fully saturated rings. The van der Waals surface area contributed by atoms with E-state index < -0.39 is 12.1 Å². The summed E-state index contributed by atoms with van der Waals surface area (Å²) in [4.78, 5) is 21.4. The van der Waals surface area contributed by atoms with Crippen LogP contribution in [-0.2, 0) is 14.3 Å². The molecule has 0 aliphatic rings. The van der Waals surface area contributed by atoms with E-state index in [0.29, 0.717) is 6.61 Å². The lowest BCUT2D eigenvalue weighted by Crippen LogP contribution is -2.19. The first-order valence-electron chi connectivity index (χ1n) is 4.38. The summed E-state index contributed by atoms with van der Waals surface area (Å²) in [5.74, 6) is -0.529. The minimum atomic E-state index is -0.571. The Kier molecular flexibility index (Phi) is 7.22. The lowest BCUT2D eigenvalue weighted by atomic mass is 10.4. The first-order valence-corrected chi connectivity index (χ1v) is 4.38. The fraction of sp³-hybridized carbons (Fsp3) is 0.556. The summed E-state index contributed by atoms with van der Waals surface area (Å²) in [5.41, 5.74) is 0. The lowest BCUT2D eigenvalue weighted by molar-refractivity contribution is -0.134. The van der Waals surface area contributed by atoms with E-state index in [1.54, 1.807) is 0 Å². The van der Waals surface area contributed by atoms with Crippen molar-refractivity contribution in [3.8, 4) is 0 Å². The van der Waals surface area contributed by atoms with Gasteiger partial charge in [-0.1, -0.05) is 13.3 Å². The van der Waals surface area contributed by atoms with Crippen LogP contribution in [0.4, 0.5) is 4.79 Å². The van der Waals surface area contributed by atoms with Crippen LogP contribution in [0.3, 0.4) is 0 Å². The van der Waals surface area contributed by atoms with Crippen LogP contribution >= 0.6 is 0 Å². The van der Waals surface area contributed by atoms with Gasteiger partial charge in [-0.15, -0.1) is 0 Å². The van der Waals surface area contributed by atoms with E-state index in [1.165, 1.54) is 13.3 Å². The van der Waals surface area contributed by atoms with Crippen molar-refractivity contribution < 1.29 is 19.1 Å². The molecule has 0 aromatic heterocycles. The highest BCUT2D eigenvalue weighted by molar-refractivity contribution is 5.82. The van der Waals surface area contributed by atoms with Gasteiger partial charge in [0.1, 0.15) is 0 Å². The third-order valence-corrected chi connectivity index (χ3v) is 1.35. The van der Waals surface area contributed by atoms with E-state index >= 15 is 0 Å². The quantitative estimate of drug-likeness (QED) is 0.412. The normalized spacial score (nSPS) is 9.86. The maximum absolute atomic E-state index is 10.9. The van der Waals surface area contributed by atoms with E-state index in [1.807, 2.05) is 6.92 Å². The molecule has 0 spiro atoms. The first kappa shape index (κ1) is 12.5. The number of esters is 1. The largest absolute Gasteiger partial charge is 0.466 e. The van der Waals surface area contributed by atoms with E-state index in [0.717, 1.165) is 18.9 Å². The predicted molar refractivity (Wildman–Crippen MR) is 50.5 cm³/mol. The molecule has 0 aliphatic carbocycles. The Bertz CT molecular complexity index is 213. The van der Waals surface area contributed by atoms with Crippen molar-refractivity contribution in [1.82, 2.24) is 5.32 Å². The van der Waals surface area contributed by atoms with Crippen LogP contribution in [0.25, 0.3) is 0 Å². The number of alkyl carbamates (subject to hydrolysis) is 1. The van der Waals surface area contributed by atoms with Crippen LogP contribution in [0.1, 0.15) is 19.8 Å². The Morgan fingerprint density at radius 2 is 2.14 bits per heavy atom. The zero-order valence-electron chi connectivity index (χ0n) is 8.41. The zero-order valence-corrected chi connectivity index (χ0v) is 8.41. The molecule has 0 saturated carbocycles. The minimum Gasteiger partial charge on any atom is -0.466 e. The minimum absolute atomic E-state index is 0.383. The number of carbonyl (C=O) groups is 2. The summed E-state index contributed by atoms with van der Waals surface area (Å²) in [7, 11) is 1.26. The Morgan fingerprint density at radius 1 is 1.43 bits per heavy atom. The van der Waals surface area contributed by atoms with E-state index in [2.05, 4.69) is 10.1 Å². The molecule has 0 unspecified atom stereocenters. The molecule has 0 rings (SSSR count). The smallest absolute Gasteiger partial charge is 0.411 e. The Balaban J connectivity index is 3.53. The van der Waals surface area contributed by atoms with Gasteiger partial charge < -0.3 is 9.47 Å². The standard InChI is InChI=1S/C9H15NO4/c1-3-4-7-14-9(12)10-6-5-8(11)13-2/h5-6H,3-4,7H2,1-2H3,(H,10,12)/b6-5+. The number of methoxy groups -OCH3 is 1. The molecule has 5 heteroatoms. The van der Waals surface area contributed by atoms with E-state index in [-0.39, 0.29) is 0 Å². The number of hydrogen-bond donors (Lipinski definition) is 1. The van der Waals surface area contributed by atoms with Gasteiger partial charge in [0, 0.05) is 12.3 Å². The van der Waals surface area contributed by atoms with Gasteiger partial charge in [-0.3, -0.25) is 5.32 Å². The summed E-state index contributed by atoms with van der Waals surface area (Å²) in [6.45, 7) is 2.38. The molecule has 5 nitrogen and oxygen atoms in total. The van der Waals surface area contributed by atoms with Crippen LogP contribution in [0.5, 0.6) is 0 Å². The summed E-state index contributed by atoms with van der Waals surface area (Å²) in [6, 6.07) is 0. The molecular weight excluding hydrogens is 186 g/mol. The molecule has 1 amide bonds. The van der Waals surface area contributed by atoms with Crippen molar-refractivity contribution in [1.29, 1.82) is 0 Å². The van der Waals surface area contributed by atoms with E-state index in [4.69, 9.17) is 4.74 Å². The van der Waals surface area contributed by atoms with E-state index in [9.17, 15) is 9.59 Å². The van der Waals surface area contributed by atoms with Gasteiger partial charge in [0.2, 0.25) is 0 Å². The molecule has 14 heavy (non-hydrogen) atoms. The second kappa shape index (κ2) is 8.10. The molecule has 1 N–H and O–H groups in total. The number of ether oxygens (including phenoxy) is 2. The number of rotatable bonds is 5. The van der Waals surface area contributed by atoms with Gasteiger partial charge in [-0.25, -0.2) is 9.59 Å². The molecule has 0 aromatic rings. The molecule has 0 heterocycles. The first-order chi connectivity index (χ1) is 6.70. The van der Waals surface area contributed by atoms with Crippen molar-refractivity contribution in [2.75, 3.05) is 13.7 Å². The highest BCUT2D eigenvalue weighted by Crippen LogP contribution is 1.88. The van der Waals surface area contributed by atoms with Gasteiger partial charge in [-0.05, 0) is 6.42 Å². The number of unbranched alkanes of at least 4 members (excludes halogenated alkanes) is 1. The number of amides is 1. The van der Waals surface area contributed by atoms with Gasteiger partial charge in [0.25, 0.3) is 0 Å². The summed E-state index contributed by atoms with van der Waals surface area (Å²) < 4.78 is 9.06.